The highest BCUT2D eigenvalue weighted by Crippen LogP contribution is 2.29. The Kier molecular flexibility index (Phi) is 4.94. The first-order chi connectivity index (χ1) is 9.41. The van der Waals surface area contributed by atoms with Crippen LogP contribution in [0.1, 0.15) is 32.1 Å². The third kappa shape index (κ3) is 3.45. The van der Waals surface area contributed by atoms with Crippen molar-refractivity contribution in [2.45, 2.75) is 37.0 Å². The van der Waals surface area contributed by atoms with Gasteiger partial charge >= 0.3 is 0 Å². The fourth-order valence-electron chi connectivity index (χ4n) is 2.72. The van der Waals surface area contributed by atoms with Crippen molar-refractivity contribution >= 4 is 27.3 Å². The molecular formula is C14H21ClN2O2S. The molecule has 6 heteroatoms. The van der Waals surface area contributed by atoms with E-state index in [9.17, 15) is 8.42 Å². The lowest BCUT2D eigenvalue weighted by Gasteiger charge is -2.26. The van der Waals surface area contributed by atoms with Gasteiger partial charge in [0, 0.05) is 19.3 Å². The molecule has 0 saturated heterocycles. The molecule has 112 valence electrons. The van der Waals surface area contributed by atoms with Gasteiger partial charge in [-0.3, -0.25) is 0 Å². The Labute approximate surface area is 126 Å². The van der Waals surface area contributed by atoms with Gasteiger partial charge in [-0.05, 0) is 37.0 Å². The minimum Gasteiger partial charge on any atom is -0.399 e. The maximum absolute atomic E-state index is 12.6. The average Bonchev–Trinajstić information content (AvgIpc) is 2.42. The van der Waals surface area contributed by atoms with E-state index in [1.165, 1.54) is 35.7 Å². The van der Waals surface area contributed by atoms with E-state index in [2.05, 4.69) is 0 Å². The highest BCUT2D eigenvalue weighted by Gasteiger charge is 2.26. The summed E-state index contributed by atoms with van der Waals surface area (Å²) in [6.45, 7) is 0.549. The van der Waals surface area contributed by atoms with Crippen LogP contribution in [0.25, 0.3) is 0 Å². The molecule has 20 heavy (non-hydrogen) atoms. The second-order valence-corrected chi connectivity index (χ2v) is 7.90. The molecule has 0 amide bonds. The minimum absolute atomic E-state index is 0.0949. The van der Waals surface area contributed by atoms with Crippen LogP contribution in [0.4, 0.5) is 5.69 Å². The molecule has 1 aromatic rings. The highest BCUT2D eigenvalue weighted by molar-refractivity contribution is 7.89. The number of nitrogen functional groups attached to an aromatic ring is 1. The molecule has 1 aliphatic carbocycles. The minimum atomic E-state index is -3.57. The normalized spacial score (nSPS) is 17.6. The third-order valence-corrected chi connectivity index (χ3v) is 6.19. The first-order valence-electron chi connectivity index (χ1n) is 6.92. The van der Waals surface area contributed by atoms with E-state index in [0.717, 1.165) is 12.8 Å². The van der Waals surface area contributed by atoms with Crippen molar-refractivity contribution < 1.29 is 8.42 Å². The lowest BCUT2D eigenvalue weighted by molar-refractivity contribution is 0.300. The molecule has 0 aliphatic heterocycles. The van der Waals surface area contributed by atoms with Crippen LogP contribution in [0, 0.1) is 5.92 Å². The summed E-state index contributed by atoms with van der Waals surface area (Å²) < 4.78 is 26.5. The molecule has 0 radical (unpaired) electrons. The molecule has 1 saturated carbocycles. The standard InChI is InChI=1S/C14H21ClN2O2S/c1-17(10-11-5-3-2-4-6-11)20(18,19)14-9-12(16)7-8-13(14)15/h7-9,11H,2-6,10,16H2,1H3. The molecule has 0 unspecified atom stereocenters. The van der Waals surface area contributed by atoms with Crippen LogP contribution in [0.3, 0.4) is 0 Å². The molecule has 2 rings (SSSR count). The van der Waals surface area contributed by atoms with Gasteiger partial charge in [0.1, 0.15) is 4.90 Å². The van der Waals surface area contributed by atoms with Gasteiger partial charge in [-0.1, -0.05) is 30.9 Å². The molecule has 1 fully saturated rings. The number of anilines is 1. The zero-order chi connectivity index (χ0) is 14.8. The number of rotatable bonds is 4. The van der Waals surface area contributed by atoms with Crippen molar-refractivity contribution in [3.63, 3.8) is 0 Å². The smallest absolute Gasteiger partial charge is 0.244 e. The molecule has 2 N–H and O–H groups in total. The van der Waals surface area contributed by atoms with E-state index >= 15 is 0 Å². The van der Waals surface area contributed by atoms with E-state index in [4.69, 9.17) is 17.3 Å². The van der Waals surface area contributed by atoms with Crippen LogP contribution in [0.15, 0.2) is 23.1 Å². The molecule has 1 aliphatic rings. The van der Waals surface area contributed by atoms with Gasteiger partial charge in [0.25, 0.3) is 0 Å². The Bertz CT molecular complexity index is 569. The zero-order valence-electron chi connectivity index (χ0n) is 11.7. The van der Waals surface area contributed by atoms with Gasteiger partial charge in [0.2, 0.25) is 10.0 Å². The monoisotopic (exact) mass is 316 g/mol. The number of hydrogen-bond acceptors (Lipinski definition) is 3. The average molecular weight is 317 g/mol. The molecule has 0 atom stereocenters. The van der Waals surface area contributed by atoms with Crippen LogP contribution < -0.4 is 5.73 Å². The summed E-state index contributed by atoms with van der Waals surface area (Å²) in [6, 6.07) is 4.55. The van der Waals surface area contributed by atoms with Crippen LogP contribution in [0.5, 0.6) is 0 Å². The lowest BCUT2D eigenvalue weighted by Crippen LogP contribution is -2.33. The van der Waals surface area contributed by atoms with Crippen molar-refractivity contribution in [2.24, 2.45) is 5.92 Å². The van der Waals surface area contributed by atoms with Gasteiger partial charge in [-0.25, -0.2) is 12.7 Å². The number of nitrogens with zero attached hydrogens (tertiary/aromatic N) is 1. The Balaban J connectivity index is 2.18. The Hall–Kier alpha value is -0.780. The summed E-state index contributed by atoms with van der Waals surface area (Å²) in [4.78, 5) is 0.0949. The Morgan fingerprint density at radius 1 is 1.30 bits per heavy atom. The number of hydrogen-bond donors (Lipinski definition) is 1. The van der Waals surface area contributed by atoms with Crippen molar-refractivity contribution in [3.8, 4) is 0 Å². The van der Waals surface area contributed by atoms with E-state index in [-0.39, 0.29) is 9.92 Å². The molecule has 4 nitrogen and oxygen atoms in total. The number of sulfonamides is 1. The zero-order valence-corrected chi connectivity index (χ0v) is 13.3. The molecule has 0 spiro atoms. The second kappa shape index (κ2) is 6.33. The summed E-state index contributed by atoms with van der Waals surface area (Å²) >= 11 is 6.01. The number of nitrogens with two attached hydrogens (primary N) is 1. The van der Waals surface area contributed by atoms with E-state index < -0.39 is 10.0 Å². The predicted molar refractivity (Wildman–Crippen MR) is 82.3 cm³/mol. The van der Waals surface area contributed by atoms with Crippen LogP contribution in [-0.4, -0.2) is 26.3 Å². The molecule has 0 aromatic heterocycles. The Morgan fingerprint density at radius 2 is 1.95 bits per heavy atom. The largest absolute Gasteiger partial charge is 0.399 e. The summed E-state index contributed by atoms with van der Waals surface area (Å²) in [6.07, 6.45) is 5.85. The topological polar surface area (TPSA) is 63.4 Å². The maximum Gasteiger partial charge on any atom is 0.244 e. The maximum atomic E-state index is 12.6. The fraction of sp³-hybridized carbons (Fsp3) is 0.571. The molecule has 1 aromatic carbocycles. The highest BCUT2D eigenvalue weighted by atomic mass is 35.5. The van der Waals surface area contributed by atoms with Gasteiger partial charge in [0.15, 0.2) is 0 Å². The van der Waals surface area contributed by atoms with Gasteiger partial charge in [0.05, 0.1) is 5.02 Å². The van der Waals surface area contributed by atoms with Crippen molar-refractivity contribution in [3.05, 3.63) is 23.2 Å². The summed E-state index contributed by atoms with van der Waals surface area (Å²) in [5, 5.41) is 0.217. The number of halogens is 1. The predicted octanol–water partition coefficient (Wildman–Crippen LogP) is 3.12. The lowest BCUT2D eigenvalue weighted by atomic mass is 9.89. The van der Waals surface area contributed by atoms with E-state index in [1.807, 2.05) is 0 Å². The van der Waals surface area contributed by atoms with Crippen LogP contribution >= 0.6 is 11.6 Å². The summed E-state index contributed by atoms with van der Waals surface area (Å²) in [7, 11) is -1.96. The van der Waals surface area contributed by atoms with Gasteiger partial charge < -0.3 is 5.73 Å². The SMILES string of the molecule is CN(CC1CCCCC1)S(=O)(=O)c1cc(N)ccc1Cl. The molecular weight excluding hydrogens is 296 g/mol. The van der Waals surface area contributed by atoms with Gasteiger partial charge in [-0.2, -0.15) is 0 Å². The van der Waals surface area contributed by atoms with Crippen molar-refractivity contribution in [1.82, 2.24) is 4.31 Å². The van der Waals surface area contributed by atoms with Crippen LogP contribution in [-0.2, 0) is 10.0 Å². The quantitative estimate of drug-likeness (QED) is 0.868. The third-order valence-electron chi connectivity index (χ3n) is 3.88. The first kappa shape index (κ1) is 15.6. The second-order valence-electron chi connectivity index (χ2n) is 5.48. The van der Waals surface area contributed by atoms with Crippen molar-refractivity contribution in [2.75, 3.05) is 19.3 Å². The summed E-state index contributed by atoms with van der Waals surface area (Å²) in [5.74, 6) is 0.448. The summed E-state index contributed by atoms with van der Waals surface area (Å²) in [5.41, 5.74) is 6.07. The first-order valence-corrected chi connectivity index (χ1v) is 8.74. The molecule has 0 heterocycles. The van der Waals surface area contributed by atoms with Gasteiger partial charge in [-0.15, -0.1) is 0 Å². The molecule has 0 bridgehead atoms. The van der Waals surface area contributed by atoms with Crippen molar-refractivity contribution in [1.29, 1.82) is 0 Å². The van der Waals surface area contributed by atoms with E-state index in [1.54, 1.807) is 13.1 Å². The van der Waals surface area contributed by atoms with E-state index in [0.29, 0.717) is 18.2 Å². The number of benzene rings is 1. The van der Waals surface area contributed by atoms with Crippen LogP contribution in [0.2, 0.25) is 5.02 Å². The Morgan fingerprint density at radius 3 is 2.60 bits per heavy atom. The fourth-order valence-corrected chi connectivity index (χ4v) is 4.47.